The van der Waals surface area contributed by atoms with Crippen molar-refractivity contribution in [3.05, 3.63) is 36.4 Å². The number of methoxy groups -OCH3 is 1. The number of benzene rings is 1. The Balaban J connectivity index is 1.47. The van der Waals surface area contributed by atoms with Crippen LogP contribution in [0, 0.1) is 11.8 Å². The third-order valence-corrected chi connectivity index (χ3v) is 5.33. The summed E-state index contributed by atoms with van der Waals surface area (Å²) < 4.78 is 5.06. The van der Waals surface area contributed by atoms with Crippen molar-refractivity contribution in [1.82, 2.24) is 9.80 Å². The van der Waals surface area contributed by atoms with E-state index in [1.165, 1.54) is 16.8 Å². The number of likely N-dealkylation sites (N-methyl/N-ethyl adjacent to an activating group) is 1. The summed E-state index contributed by atoms with van der Waals surface area (Å²) in [5, 5.41) is 2.71. The van der Waals surface area contributed by atoms with Gasteiger partial charge in [-0.15, -0.1) is 0 Å². The number of rotatable bonds is 7. The Morgan fingerprint density at radius 1 is 1.10 bits per heavy atom. The number of likely N-dealkylation sites (tertiary alicyclic amines) is 1. The third kappa shape index (κ3) is 4.64. The quantitative estimate of drug-likeness (QED) is 0.553. The van der Waals surface area contributed by atoms with Crippen LogP contribution in [0.5, 0.6) is 5.75 Å². The molecule has 1 saturated heterocycles. The van der Waals surface area contributed by atoms with Gasteiger partial charge in [0.05, 0.1) is 25.5 Å². The number of nitrogens with zero attached hydrogens (tertiary/aromatic N) is 2. The summed E-state index contributed by atoms with van der Waals surface area (Å²) in [5.41, 5.74) is 0.598. The molecule has 4 amide bonds. The van der Waals surface area contributed by atoms with Gasteiger partial charge in [0.2, 0.25) is 23.6 Å². The lowest BCUT2D eigenvalue weighted by Gasteiger charge is -2.19. The molecule has 0 aromatic heterocycles. The van der Waals surface area contributed by atoms with Crippen LogP contribution in [0.2, 0.25) is 0 Å². The van der Waals surface area contributed by atoms with Gasteiger partial charge >= 0.3 is 0 Å². The van der Waals surface area contributed by atoms with Crippen molar-refractivity contribution in [1.29, 1.82) is 0 Å². The van der Waals surface area contributed by atoms with Crippen LogP contribution in [-0.4, -0.2) is 60.7 Å². The number of anilines is 1. The first kappa shape index (κ1) is 20.6. The summed E-state index contributed by atoms with van der Waals surface area (Å²) >= 11 is 0. The molecule has 1 aliphatic carbocycles. The zero-order chi connectivity index (χ0) is 21.0. The predicted molar refractivity (Wildman–Crippen MR) is 106 cm³/mol. The molecule has 1 heterocycles. The maximum atomic E-state index is 12.4. The normalized spacial score (nSPS) is 20.4. The van der Waals surface area contributed by atoms with Crippen molar-refractivity contribution < 1.29 is 23.9 Å². The number of hydrogen-bond donors (Lipinski definition) is 1. The average molecular weight is 399 g/mol. The van der Waals surface area contributed by atoms with E-state index in [9.17, 15) is 19.2 Å². The van der Waals surface area contributed by atoms with E-state index in [2.05, 4.69) is 5.32 Å². The Labute approximate surface area is 169 Å². The molecule has 1 aromatic rings. The molecule has 29 heavy (non-hydrogen) atoms. The summed E-state index contributed by atoms with van der Waals surface area (Å²) in [6.45, 7) is -0.0735. The van der Waals surface area contributed by atoms with Gasteiger partial charge in [-0.2, -0.15) is 0 Å². The Morgan fingerprint density at radius 2 is 1.69 bits per heavy atom. The second kappa shape index (κ2) is 8.89. The molecular formula is C21H25N3O5. The van der Waals surface area contributed by atoms with Gasteiger partial charge in [0, 0.05) is 25.7 Å². The maximum absolute atomic E-state index is 12.4. The fourth-order valence-corrected chi connectivity index (χ4v) is 3.67. The lowest BCUT2D eigenvalue weighted by Crippen LogP contribution is -2.38. The largest absolute Gasteiger partial charge is 0.497 e. The lowest BCUT2D eigenvalue weighted by molar-refractivity contribution is -0.141. The monoisotopic (exact) mass is 399 g/mol. The topological polar surface area (TPSA) is 96.0 Å². The lowest BCUT2D eigenvalue weighted by atomic mass is 9.85. The Hall–Kier alpha value is -3.16. The zero-order valence-corrected chi connectivity index (χ0v) is 16.6. The first-order chi connectivity index (χ1) is 13.9. The average Bonchev–Trinajstić information content (AvgIpc) is 2.97. The maximum Gasteiger partial charge on any atom is 0.243 e. The van der Waals surface area contributed by atoms with Gasteiger partial charge < -0.3 is 15.0 Å². The number of allylic oxidation sites excluding steroid dienone is 2. The number of carbonyl (C=O) groups is 4. The van der Waals surface area contributed by atoms with Gasteiger partial charge in [-0.1, -0.05) is 12.2 Å². The standard InChI is InChI=1S/C21H25N3O5/c1-23(13-18(25)22-14-7-9-15(29-2)10-8-14)19(26)11-12-24-20(27)16-5-3-4-6-17(16)21(24)28/h3-4,7-10,16-17H,5-6,11-13H2,1-2H3,(H,22,25)/t16-,17-/m0/s1. The highest BCUT2D eigenvalue weighted by Gasteiger charge is 2.46. The molecule has 1 aromatic carbocycles. The van der Waals surface area contributed by atoms with E-state index in [1.807, 2.05) is 12.2 Å². The molecule has 0 radical (unpaired) electrons. The molecule has 8 nitrogen and oxygen atoms in total. The molecule has 1 aliphatic heterocycles. The fraction of sp³-hybridized carbons (Fsp3) is 0.429. The minimum absolute atomic E-state index is 0.00331. The number of amides is 4. The van der Waals surface area contributed by atoms with E-state index in [0.717, 1.165) is 0 Å². The number of fused-ring (bicyclic) bond motifs is 1. The summed E-state index contributed by atoms with van der Waals surface area (Å²) in [4.78, 5) is 51.9. The minimum Gasteiger partial charge on any atom is -0.497 e. The number of imide groups is 1. The molecule has 1 N–H and O–H groups in total. The van der Waals surface area contributed by atoms with Crippen molar-refractivity contribution in [3.63, 3.8) is 0 Å². The van der Waals surface area contributed by atoms with E-state index >= 15 is 0 Å². The van der Waals surface area contributed by atoms with Crippen LogP contribution in [0.25, 0.3) is 0 Å². The highest BCUT2D eigenvalue weighted by molar-refractivity contribution is 6.05. The van der Waals surface area contributed by atoms with Gasteiger partial charge in [0.25, 0.3) is 0 Å². The molecule has 3 rings (SSSR count). The molecule has 2 aliphatic rings. The van der Waals surface area contributed by atoms with Gasteiger partial charge in [-0.05, 0) is 37.1 Å². The number of ether oxygens (including phenoxy) is 1. The zero-order valence-electron chi connectivity index (χ0n) is 16.6. The van der Waals surface area contributed by atoms with E-state index in [-0.39, 0.29) is 55.0 Å². The second-order valence-electron chi connectivity index (χ2n) is 7.26. The fourth-order valence-electron chi connectivity index (χ4n) is 3.67. The van der Waals surface area contributed by atoms with Crippen LogP contribution in [-0.2, 0) is 19.2 Å². The van der Waals surface area contributed by atoms with Crippen molar-refractivity contribution in [2.45, 2.75) is 19.3 Å². The first-order valence-electron chi connectivity index (χ1n) is 9.58. The summed E-state index contributed by atoms with van der Waals surface area (Å²) in [7, 11) is 3.08. The van der Waals surface area contributed by atoms with E-state index in [0.29, 0.717) is 24.3 Å². The van der Waals surface area contributed by atoms with E-state index in [4.69, 9.17) is 4.74 Å². The third-order valence-electron chi connectivity index (χ3n) is 5.33. The van der Waals surface area contributed by atoms with Crippen molar-refractivity contribution in [2.75, 3.05) is 32.6 Å². The smallest absolute Gasteiger partial charge is 0.243 e. The highest BCUT2D eigenvalue weighted by Crippen LogP contribution is 2.35. The first-order valence-corrected chi connectivity index (χ1v) is 9.58. The van der Waals surface area contributed by atoms with Gasteiger partial charge in [-0.3, -0.25) is 24.1 Å². The van der Waals surface area contributed by atoms with Gasteiger partial charge in [-0.25, -0.2) is 0 Å². The second-order valence-corrected chi connectivity index (χ2v) is 7.26. The van der Waals surface area contributed by atoms with Gasteiger partial charge in [0.1, 0.15) is 5.75 Å². The molecule has 154 valence electrons. The SMILES string of the molecule is COc1ccc(NC(=O)CN(C)C(=O)CCN2C(=O)[C@H]3CC=CC[C@@H]3C2=O)cc1. The molecule has 0 bridgehead atoms. The summed E-state index contributed by atoms with van der Waals surface area (Å²) in [5.74, 6) is -0.947. The Bertz CT molecular complexity index is 807. The summed E-state index contributed by atoms with van der Waals surface area (Å²) in [6, 6.07) is 6.86. The van der Waals surface area contributed by atoms with Crippen LogP contribution in [0.3, 0.4) is 0 Å². The molecular weight excluding hydrogens is 374 g/mol. The molecule has 0 spiro atoms. The van der Waals surface area contributed by atoms with Crippen molar-refractivity contribution in [2.24, 2.45) is 11.8 Å². The van der Waals surface area contributed by atoms with Crippen LogP contribution < -0.4 is 10.1 Å². The summed E-state index contributed by atoms with van der Waals surface area (Å²) in [6.07, 6.45) is 5.00. The van der Waals surface area contributed by atoms with Crippen molar-refractivity contribution >= 4 is 29.3 Å². The number of nitrogens with one attached hydrogen (secondary N) is 1. The van der Waals surface area contributed by atoms with Crippen LogP contribution in [0.4, 0.5) is 5.69 Å². The molecule has 8 heteroatoms. The minimum atomic E-state index is -0.337. The molecule has 1 fully saturated rings. The predicted octanol–water partition coefficient (Wildman–Crippen LogP) is 1.43. The van der Waals surface area contributed by atoms with E-state index < -0.39 is 0 Å². The molecule has 2 atom stereocenters. The van der Waals surface area contributed by atoms with Crippen LogP contribution in [0.1, 0.15) is 19.3 Å². The molecule has 0 saturated carbocycles. The number of carbonyl (C=O) groups excluding carboxylic acids is 4. The van der Waals surface area contributed by atoms with Gasteiger partial charge in [0.15, 0.2) is 0 Å². The highest BCUT2D eigenvalue weighted by atomic mass is 16.5. The number of hydrogen-bond acceptors (Lipinski definition) is 5. The van der Waals surface area contributed by atoms with Crippen LogP contribution >= 0.6 is 0 Å². The van der Waals surface area contributed by atoms with Crippen molar-refractivity contribution in [3.8, 4) is 5.75 Å². The Kier molecular flexibility index (Phi) is 6.31. The Morgan fingerprint density at radius 3 is 2.24 bits per heavy atom. The van der Waals surface area contributed by atoms with E-state index in [1.54, 1.807) is 31.4 Å². The van der Waals surface area contributed by atoms with Crippen LogP contribution in [0.15, 0.2) is 36.4 Å². The molecule has 0 unspecified atom stereocenters.